The van der Waals surface area contributed by atoms with Crippen LogP contribution in [0.4, 0.5) is 0 Å². The van der Waals surface area contributed by atoms with E-state index in [2.05, 4.69) is 21.4 Å². The number of rotatable bonds is 5. The van der Waals surface area contributed by atoms with Crippen molar-refractivity contribution in [3.05, 3.63) is 84.4 Å². The van der Waals surface area contributed by atoms with E-state index < -0.39 is 5.41 Å². The summed E-state index contributed by atoms with van der Waals surface area (Å²) in [5.74, 6) is -0.104. The molecule has 158 valence electrons. The van der Waals surface area contributed by atoms with Crippen molar-refractivity contribution in [1.82, 2.24) is 20.2 Å². The standard InChI is InChI=1S/C25H26N4O2/c1-26-24(31)25(10-5-13-29(18-25)23(30)22-9-4-12-28-17-22)15-19-6-2-7-20(14-19)21-8-3-11-27-16-21/h2-4,6-9,11-12,14,16-17H,5,10,13,15,18H2,1H3,(H,26,31). The van der Waals surface area contributed by atoms with Crippen molar-refractivity contribution in [2.24, 2.45) is 5.41 Å². The predicted octanol–water partition coefficient (Wildman–Crippen LogP) is 3.35. The van der Waals surface area contributed by atoms with E-state index in [1.807, 2.05) is 36.5 Å². The molecule has 1 aliphatic rings. The maximum atomic E-state index is 13.1. The average molecular weight is 415 g/mol. The number of likely N-dealkylation sites (tertiary alicyclic amines) is 1. The molecule has 1 aliphatic heterocycles. The molecule has 0 radical (unpaired) electrons. The minimum absolute atomic E-state index is 0.0250. The Kier molecular flexibility index (Phi) is 6.07. The van der Waals surface area contributed by atoms with Crippen LogP contribution in [0.3, 0.4) is 0 Å². The summed E-state index contributed by atoms with van der Waals surface area (Å²) in [5.41, 5.74) is 3.06. The molecule has 1 saturated heterocycles. The number of hydrogen-bond donors (Lipinski definition) is 1. The van der Waals surface area contributed by atoms with Crippen molar-refractivity contribution in [2.75, 3.05) is 20.1 Å². The second-order valence-electron chi connectivity index (χ2n) is 8.05. The summed E-state index contributed by atoms with van der Waals surface area (Å²) in [6.07, 6.45) is 8.90. The summed E-state index contributed by atoms with van der Waals surface area (Å²) in [5, 5.41) is 2.84. The first-order valence-electron chi connectivity index (χ1n) is 10.5. The van der Waals surface area contributed by atoms with Crippen LogP contribution < -0.4 is 5.32 Å². The number of nitrogens with zero attached hydrogens (tertiary/aromatic N) is 3. The summed E-state index contributed by atoms with van der Waals surface area (Å²) in [7, 11) is 1.66. The number of benzene rings is 1. The van der Waals surface area contributed by atoms with Crippen LogP contribution in [-0.4, -0.2) is 46.8 Å². The maximum absolute atomic E-state index is 13.1. The number of amides is 2. The van der Waals surface area contributed by atoms with E-state index >= 15 is 0 Å². The van der Waals surface area contributed by atoms with Crippen LogP contribution in [-0.2, 0) is 11.2 Å². The van der Waals surface area contributed by atoms with Crippen LogP contribution in [0.25, 0.3) is 11.1 Å². The Bertz CT molecular complexity index is 1060. The summed E-state index contributed by atoms with van der Waals surface area (Å²) in [4.78, 5) is 36.2. The highest BCUT2D eigenvalue weighted by Crippen LogP contribution is 2.35. The third-order valence-corrected chi connectivity index (χ3v) is 5.95. The fourth-order valence-corrected chi connectivity index (χ4v) is 4.44. The first-order chi connectivity index (χ1) is 15.1. The number of aromatic nitrogens is 2. The van der Waals surface area contributed by atoms with Gasteiger partial charge in [0.2, 0.25) is 5.91 Å². The maximum Gasteiger partial charge on any atom is 0.255 e. The van der Waals surface area contributed by atoms with E-state index in [9.17, 15) is 9.59 Å². The molecular weight excluding hydrogens is 388 g/mol. The number of hydrogen-bond acceptors (Lipinski definition) is 4. The Hall–Kier alpha value is -3.54. The molecule has 31 heavy (non-hydrogen) atoms. The Morgan fingerprint density at radius 2 is 1.81 bits per heavy atom. The van der Waals surface area contributed by atoms with Crippen LogP contribution in [0.15, 0.2) is 73.3 Å². The highest BCUT2D eigenvalue weighted by molar-refractivity contribution is 5.94. The van der Waals surface area contributed by atoms with Crippen LogP contribution in [0.5, 0.6) is 0 Å². The number of nitrogens with one attached hydrogen (secondary N) is 1. The van der Waals surface area contributed by atoms with Crippen LogP contribution in [0.1, 0.15) is 28.8 Å². The quantitative estimate of drug-likeness (QED) is 0.695. The Morgan fingerprint density at radius 3 is 2.52 bits per heavy atom. The zero-order chi connectivity index (χ0) is 21.7. The lowest BCUT2D eigenvalue weighted by atomic mass is 9.74. The molecule has 1 N–H and O–H groups in total. The van der Waals surface area contributed by atoms with Crippen LogP contribution >= 0.6 is 0 Å². The van der Waals surface area contributed by atoms with Gasteiger partial charge >= 0.3 is 0 Å². The Morgan fingerprint density at radius 1 is 1.03 bits per heavy atom. The fraction of sp³-hybridized carbons (Fsp3) is 0.280. The van der Waals surface area contributed by atoms with Gasteiger partial charge in [-0.05, 0) is 54.2 Å². The molecule has 3 aromatic rings. The normalized spacial score (nSPS) is 18.4. The third-order valence-electron chi connectivity index (χ3n) is 5.95. The summed E-state index contributed by atoms with van der Waals surface area (Å²) in [6.45, 7) is 1.03. The SMILES string of the molecule is CNC(=O)C1(Cc2cccc(-c3cccnc3)c2)CCCN(C(=O)c2cccnc2)C1. The highest BCUT2D eigenvalue weighted by Gasteiger charge is 2.43. The van der Waals surface area contributed by atoms with E-state index in [4.69, 9.17) is 0 Å². The molecule has 1 aromatic carbocycles. The van der Waals surface area contributed by atoms with Crippen molar-refractivity contribution < 1.29 is 9.59 Å². The third kappa shape index (κ3) is 4.48. The van der Waals surface area contributed by atoms with Crippen molar-refractivity contribution in [3.8, 4) is 11.1 Å². The van der Waals surface area contributed by atoms with Gasteiger partial charge in [-0.15, -0.1) is 0 Å². The second-order valence-corrected chi connectivity index (χ2v) is 8.05. The molecule has 0 saturated carbocycles. The van der Waals surface area contributed by atoms with Gasteiger partial charge in [-0.1, -0.05) is 30.3 Å². The van der Waals surface area contributed by atoms with E-state index in [0.29, 0.717) is 25.1 Å². The Labute approximate surface area is 182 Å². The van der Waals surface area contributed by atoms with E-state index in [0.717, 1.165) is 29.5 Å². The average Bonchev–Trinajstić information content (AvgIpc) is 2.84. The van der Waals surface area contributed by atoms with Gasteiger partial charge in [0.1, 0.15) is 0 Å². The van der Waals surface area contributed by atoms with E-state index in [1.54, 1.807) is 42.7 Å². The van der Waals surface area contributed by atoms with Gasteiger partial charge in [-0.2, -0.15) is 0 Å². The molecule has 1 unspecified atom stereocenters. The molecule has 3 heterocycles. The topological polar surface area (TPSA) is 75.2 Å². The number of carbonyl (C=O) groups is 2. The monoisotopic (exact) mass is 414 g/mol. The lowest BCUT2D eigenvalue weighted by Gasteiger charge is -2.41. The molecular formula is C25H26N4O2. The molecule has 1 atom stereocenters. The second kappa shape index (κ2) is 9.08. The first kappa shape index (κ1) is 20.7. The predicted molar refractivity (Wildman–Crippen MR) is 119 cm³/mol. The van der Waals surface area contributed by atoms with E-state index in [-0.39, 0.29) is 11.8 Å². The molecule has 4 rings (SSSR count). The van der Waals surface area contributed by atoms with Crippen molar-refractivity contribution >= 4 is 11.8 Å². The molecule has 2 amide bonds. The van der Waals surface area contributed by atoms with Crippen molar-refractivity contribution in [1.29, 1.82) is 0 Å². The Balaban J connectivity index is 1.61. The van der Waals surface area contributed by atoms with Gasteiger partial charge in [0.05, 0.1) is 11.0 Å². The number of pyridine rings is 2. The molecule has 0 spiro atoms. The van der Waals surface area contributed by atoms with Gasteiger partial charge in [0, 0.05) is 44.9 Å². The van der Waals surface area contributed by atoms with Crippen LogP contribution in [0.2, 0.25) is 0 Å². The van der Waals surface area contributed by atoms with Gasteiger partial charge in [0.25, 0.3) is 5.91 Å². The lowest BCUT2D eigenvalue weighted by Crippen LogP contribution is -2.54. The highest BCUT2D eigenvalue weighted by atomic mass is 16.2. The van der Waals surface area contributed by atoms with Gasteiger partial charge in [0.15, 0.2) is 0 Å². The minimum atomic E-state index is -0.668. The minimum Gasteiger partial charge on any atom is -0.359 e. The molecule has 0 bridgehead atoms. The summed E-state index contributed by atoms with van der Waals surface area (Å²) in [6, 6.07) is 15.7. The van der Waals surface area contributed by atoms with Crippen molar-refractivity contribution in [3.63, 3.8) is 0 Å². The van der Waals surface area contributed by atoms with Gasteiger partial charge < -0.3 is 10.2 Å². The largest absolute Gasteiger partial charge is 0.359 e. The molecule has 6 heteroatoms. The molecule has 1 fully saturated rings. The first-order valence-corrected chi connectivity index (χ1v) is 10.5. The molecule has 6 nitrogen and oxygen atoms in total. The fourth-order valence-electron chi connectivity index (χ4n) is 4.44. The molecule has 2 aromatic heterocycles. The van der Waals surface area contributed by atoms with Crippen LogP contribution in [0, 0.1) is 5.41 Å². The zero-order valence-corrected chi connectivity index (χ0v) is 17.6. The summed E-state index contributed by atoms with van der Waals surface area (Å²) < 4.78 is 0. The smallest absolute Gasteiger partial charge is 0.255 e. The number of carbonyl (C=O) groups excluding carboxylic acids is 2. The van der Waals surface area contributed by atoms with Gasteiger partial charge in [-0.25, -0.2) is 0 Å². The number of piperidine rings is 1. The van der Waals surface area contributed by atoms with Gasteiger partial charge in [-0.3, -0.25) is 19.6 Å². The zero-order valence-electron chi connectivity index (χ0n) is 17.6. The lowest BCUT2D eigenvalue weighted by molar-refractivity contribution is -0.133. The summed E-state index contributed by atoms with van der Waals surface area (Å²) >= 11 is 0. The van der Waals surface area contributed by atoms with Crippen molar-refractivity contribution in [2.45, 2.75) is 19.3 Å². The van der Waals surface area contributed by atoms with E-state index in [1.165, 1.54) is 0 Å². The molecule has 0 aliphatic carbocycles.